The molecule has 1 amide bonds. The average molecular weight is 338 g/mol. The van der Waals surface area contributed by atoms with E-state index >= 15 is 0 Å². The van der Waals surface area contributed by atoms with Crippen LogP contribution < -0.4 is 4.74 Å². The van der Waals surface area contributed by atoms with Gasteiger partial charge in [0.2, 0.25) is 17.5 Å². The summed E-state index contributed by atoms with van der Waals surface area (Å²) in [6, 6.07) is 16.2. The van der Waals surface area contributed by atoms with E-state index in [0.717, 1.165) is 5.56 Å². The molecule has 25 heavy (non-hydrogen) atoms. The summed E-state index contributed by atoms with van der Waals surface area (Å²) in [7, 11) is 0. The summed E-state index contributed by atoms with van der Waals surface area (Å²) in [4.78, 5) is 23.1. The standard InChI is InChI=1S/C19H18N2O4/c1-13(22)21-19(3,16-9-11-17(12-10-16)24-14(2)23)25-18(20-21)15-7-5-4-6-8-15/h4-12H,1-3H3/t19-/m1/s1. The molecule has 0 saturated carbocycles. The molecule has 2 aromatic carbocycles. The quantitative estimate of drug-likeness (QED) is 0.637. The van der Waals surface area contributed by atoms with Gasteiger partial charge in [-0.25, -0.2) is 0 Å². The molecule has 3 rings (SSSR count). The molecule has 0 aromatic heterocycles. The van der Waals surface area contributed by atoms with Gasteiger partial charge >= 0.3 is 5.97 Å². The molecule has 0 bridgehead atoms. The Hall–Kier alpha value is -3.15. The SMILES string of the molecule is CC(=O)Oc1ccc([C@@]2(C)OC(c3ccccc3)=NN2C(C)=O)cc1. The van der Waals surface area contributed by atoms with E-state index in [1.54, 1.807) is 31.2 Å². The number of ether oxygens (including phenoxy) is 2. The molecular weight excluding hydrogens is 320 g/mol. The number of hydrazone groups is 1. The zero-order valence-corrected chi connectivity index (χ0v) is 14.2. The van der Waals surface area contributed by atoms with Crippen molar-refractivity contribution in [1.82, 2.24) is 5.01 Å². The first-order valence-corrected chi connectivity index (χ1v) is 7.83. The molecule has 128 valence electrons. The van der Waals surface area contributed by atoms with Gasteiger partial charge in [-0.15, -0.1) is 5.10 Å². The zero-order valence-electron chi connectivity index (χ0n) is 14.2. The van der Waals surface area contributed by atoms with Crippen molar-refractivity contribution in [3.63, 3.8) is 0 Å². The molecule has 0 saturated heterocycles. The topological polar surface area (TPSA) is 68.2 Å². The number of esters is 1. The zero-order chi connectivity index (χ0) is 18.0. The Labute approximate surface area is 145 Å². The second-order valence-electron chi connectivity index (χ2n) is 5.80. The summed E-state index contributed by atoms with van der Waals surface area (Å²) in [5, 5.41) is 5.67. The molecule has 1 atom stereocenters. The average Bonchev–Trinajstić information content (AvgIpc) is 2.95. The van der Waals surface area contributed by atoms with Crippen LogP contribution in [0.2, 0.25) is 0 Å². The maximum Gasteiger partial charge on any atom is 0.308 e. The maximum atomic E-state index is 12.1. The van der Waals surface area contributed by atoms with Crippen molar-refractivity contribution in [2.45, 2.75) is 26.5 Å². The van der Waals surface area contributed by atoms with Gasteiger partial charge in [0.25, 0.3) is 0 Å². The van der Waals surface area contributed by atoms with E-state index in [0.29, 0.717) is 17.2 Å². The van der Waals surface area contributed by atoms with E-state index < -0.39 is 11.7 Å². The minimum Gasteiger partial charge on any atom is -0.443 e. The minimum atomic E-state index is -1.08. The smallest absolute Gasteiger partial charge is 0.308 e. The van der Waals surface area contributed by atoms with Crippen LogP contribution in [0.4, 0.5) is 0 Å². The van der Waals surface area contributed by atoms with E-state index in [-0.39, 0.29) is 5.91 Å². The Morgan fingerprint density at radius 2 is 1.68 bits per heavy atom. The molecule has 0 aliphatic carbocycles. The highest BCUT2D eigenvalue weighted by atomic mass is 16.6. The molecule has 0 radical (unpaired) electrons. The number of nitrogens with zero attached hydrogens (tertiary/aromatic N) is 2. The van der Waals surface area contributed by atoms with Gasteiger partial charge in [-0.2, -0.15) is 5.01 Å². The van der Waals surface area contributed by atoms with E-state index in [1.165, 1.54) is 18.9 Å². The second kappa shape index (κ2) is 6.39. The molecule has 0 N–H and O–H groups in total. The number of carbonyl (C=O) groups is 2. The van der Waals surface area contributed by atoms with Gasteiger partial charge in [0, 0.05) is 31.9 Å². The van der Waals surface area contributed by atoms with Gasteiger partial charge in [0.05, 0.1) is 0 Å². The number of benzene rings is 2. The lowest BCUT2D eigenvalue weighted by Crippen LogP contribution is -2.41. The van der Waals surface area contributed by atoms with Gasteiger partial charge in [-0.1, -0.05) is 18.2 Å². The van der Waals surface area contributed by atoms with Crippen LogP contribution in [0.3, 0.4) is 0 Å². The number of hydrogen-bond acceptors (Lipinski definition) is 5. The molecule has 1 aliphatic rings. The predicted octanol–water partition coefficient (Wildman–Crippen LogP) is 3.03. The second-order valence-corrected chi connectivity index (χ2v) is 5.80. The largest absolute Gasteiger partial charge is 0.443 e. The Morgan fingerprint density at radius 3 is 2.24 bits per heavy atom. The van der Waals surface area contributed by atoms with Gasteiger partial charge < -0.3 is 9.47 Å². The third-order valence-corrected chi connectivity index (χ3v) is 3.86. The van der Waals surface area contributed by atoms with E-state index in [2.05, 4.69) is 5.10 Å². The maximum absolute atomic E-state index is 12.1. The lowest BCUT2D eigenvalue weighted by Gasteiger charge is -2.31. The van der Waals surface area contributed by atoms with E-state index in [4.69, 9.17) is 9.47 Å². The number of hydrogen-bond donors (Lipinski definition) is 0. The molecule has 2 aromatic rings. The van der Waals surface area contributed by atoms with Crippen molar-refractivity contribution < 1.29 is 19.1 Å². The highest BCUT2D eigenvalue weighted by molar-refractivity contribution is 5.96. The van der Waals surface area contributed by atoms with Crippen LogP contribution in [-0.4, -0.2) is 22.8 Å². The van der Waals surface area contributed by atoms with Crippen molar-refractivity contribution in [1.29, 1.82) is 0 Å². The first-order valence-electron chi connectivity index (χ1n) is 7.83. The van der Waals surface area contributed by atoms with Crippen LogP contribution in [0.1, 0.15) is 31.9 Å². The van der Waals surface area contributed by atoms with Crippen molar-refractivity contribution in [2.24, 2.45) is 5.10 Å². The van der Waals surface area contributed by atoms with Crippen LogP contribution in [0.25, 0.3) is 0 Å². The fraction of sp³-hybridized carbons (Fsp3) is 0.211. The molecule has 1 aliphatic heterocycles. The van der Waals surface area contributed by atoms with Crippen LogP contribution in [-0.2, 0) is 20.1 Å². The molecule has 1 heterocycles. The Kier molecular flexibility index (Phi) is 4.27. The van der Waals surface area contributed by atoms with Crippen LogP contribution in [0.5, 0.6) is 5.75 Å². The highest BCUT2D eigenvalue weighted by Crippen LogP contribution is 2.37. The third-order valence-electron chi connectivity index (χ3n) is 3.86. The van der Waals surface area contributed by atoms with Gasteiger partial charge in [0.1, 0.15) is 5.75 Å². The summed E-state index contributed by atoms with van der Waals surface area (Å²) in [6.07, 6.45) is 0. The van der Waals surface area contributed by atoms with Crippen molar-refractivity contribution >= 4 is 17.8 Å². The normalized spacial score (nSPS) is 19.2. The fourth-order valence-electron chi connectivity index (χ4n) is 2.69. The first-order chi connectivity index (χ1) is 11.9. The molecule has 0 unspecified atom stereocenters. The van der Waals surface area contributed by atoms with Crippen molar-refractivity contribution in [2.75, 3.05) is 0 Å². The monoisotopic (exact) mass is 338 g/mol. The lowest BCUT2D eigenvalue weighted by molar-refractivity contribution is -0.146. The number of carbonyl (C=O) groups excluding carboxylic acids is 2. The summed E-state index contributed by atoms with van der Waals surface area (Å²) in [5.41, 5.74) is 0.425. The number of rotatable bonds is 3. The van der Waals surface area contributed by atoms with Crippen LogP contribution in [0, 0.1) is 0 Å². The summed E-state index contributed by atoms with van der Waals surface area (Å²) >= 11 is 0. The summed E-state index contributed by atoms with van der Waals surface area (Å²) < 4.78 is 11.1. The lowest BCUT2D eigenvalue weighted by atomic mass is 10.0. The molecule has 6 heteroatoms. The third kappa shape index (κ3) is 3.24. The number of amides is 1. The molecular formula is C19H18N2O4. The van der Waals surface area contributed by atoms with Crippen LogP contribution >= 0.6 is 0 Å². The van der Waals surface area contributed by atoms with Gasteiger partial charge in [-0.3, -0.25) is 9.59 Å². The Balaban J connectivity index is 1.94. The molecule has 0 fully saturated rings. The predicted molar refractivity (Wildman–Crippen MR) is 91.7 cm³/mol. The Morgan fingerprint density at radius 1 is 1.04 bits per heavy atom. The Bertz CT molecular complexity index is 830. The van der Waals surface area contributed by atoms with Crippen molar-refractivity contribution in [3.8, 4) is 5.75 Å². The van der Waals surface area contributed by atoms with E-state index in [1.807, 2.05) is 30.3 Å². The summed E-state index contributed by atoms with van der Waals surface area (Å²) in [5.74, 6) is 0.174. The molecule has 0 spiro atoms. The van der Waals surface area contributed by atoms with Crippen molar-refractivity contribution in [3.05, 3.63) is 65.7 Å². The van der Waals surface area contributed by atoms with E-state index in [9.17, 15) is 9.59 Å². The summed E-state index contributed by atoms with van der Waals surface area (Å²) in [6.45, 7) is 4.55. The van der Waals surface area contributed by atoms with Gasteiger partial charge in [0.15, 0.2) is 0 Å². The first kappa shape index (κ1) is 16.7. The minimum absolute atomic E-state index is 0.238. The highest BCUT2D eigenvalue weighted by Gasteiger charge is 2.44. The van der Waals surface area contributed by atoms with Gasteiger partial charge in [-0.05, 0) is 36.4 Å². The van der Waals surface area contributed by atoms with Crippen LogP contribution in [0.15, 0.2) is 59.7 Å². The molecule has 6 nitrogen and oxygen atoms in total. The fourth-order valence-corrected chi connectivity index (χ4v) is 2.69.